The molecular formula is C21H24Cl2N2O. The van der Waals surface area contributed by atoms with Crippen LogP contribution in [0.2, 0.25) is 5.02 Å². The lowest BCUT2D eigenvalue weighted by Crippen LogP contribution is -2.42. The van der Waals surface area contributed by atoms with Gasteiger partial charge in [-0.2, -0.15) is 0 Å². The zero-order valence-electron chi connectivity index (χ0n) is 14.7. The van der Waals surface area contributed by atoms with Crippen molar-refractivity contribution in [3.8, 4) is 0 Å². The Morgan fingerprint density at radius 1 is 1.04 bits per heavy atom. The van der Waals surface area contributed by atoms with E-state index >= 15 is 0 Å². The van der Waals surface area contributed by atoms with Crippen molar-refractivity contribution in [2.75, 3.05) is 0 Å². The van der Waals surface area contributed by atoms with E-state index in [1.165, 1.54) is 16.7 Å². The molecule has 1 heterocycles. The summed E-state index contributed by atoms with van der Waals surface area (Å²) in [5, 5.41) is 7.26. The van der Waals surface area contributed by atoms with Gasteiger partial charge in [-0.25, -0.2) is 0 Å². The standard InChI is InChI=1S/C21H23ClN2O.ClH/c22-19-7-5-18(6-8-19)21(9-1-2-10-21)20(25)24-12-15-3-4-16-13-23-14-17(16)11-15;/h3-8,11,23H,1-2,9-10,12-14H2,(H,24,25);1H. The molecule has 1 amide bonds. The van der Waals surface area contributed by atoms with Crippen molar-refractivity contribution in [3.63, 3.8) is 0 Å². The molecule has 0 bridgehead atoms. The van der Waals surface area contributed by atoms with Gasteiger partial charge in [-0.1, -0.05) is 54.8 Å². The SMILES string of the molecule is Cl.O=C(NCc1ccc2c(c1)CNC2)C1(c2ccc(Cl)cc2)CCCC1. The number of amides is 1. The highest BCUT2D eigenvalue weighted by Crippen LogP contribution is 2.41. The van der Waals surface area contributed by atoms with E-state index in [0.29, 0.717) is 11.6 Å². The number of carbonyl (C=O) groups is 1. The van der Waals surface area contributed by atoms with Gasteiger partial charge in [-0.15, -0.1) is 12.4 Å². The second kappa shape index (κ2) is 7.99. The summed E-state index contributed by atoms with van der Waals surface area (Å²) in [4.78, 5) is 13.1. The summed E-state index contributed by atoms with van der Waals surface area (Å²) < 4.78 is 0. The maximum atomic E-state index is 13.1. The van der Waals surface area contributed by atoms with Crippen LogP contribution < -0.4 is 10.6 Å². The number of rotatable bonds is 4. The third-order valence-corrected chi connectivity index (χ3v) is 5.90. The Hall–Kier alpha value is -1.55. The van der Waals surface area contributed by atoms with Crippen LogP contribution in [0.25, 0.3) is 0 Å². The van der Waals surface area contributed by atoms with Crippen molar-refractivity contribution >= 4 is 29.9 Å². The first-order valence-corrected chi connectivity index (χ1v) is 9.41. The fraction of sp³-hybridized carbons (Fsp3) is 0.381. The third kappa shape index (κ3) is 3.62. The molecule has 2 aromatic rings. The minimum Gasteiger partial charge on any atom is -0.351 e. The fourth-order valence-corrected chi connectivity index (χ4v) is 4.33. The summed E-state index contributed by atoms with van der Waals surface area (Å²) in [5.74, 6) is 0.144. The van der Waals surface area contributed by atoms with Gasteiger partial charge in [-0.05, 0) is 47.2 Å². The predicted molar refractivity (Wildman–Crippen MR) is 108 cm³/mol. The third-order valence-electron chi connectivity index (χ3n) is 5.64. The van der Waals surface area contributed by atoms with E-state index in [1.54, 1.807) is 0 Å². The van der Waals surface area contributed by atoms with Crippen LogP contribution in [0.15, 0.2) is 42.5 Å². The van der Waals surface area contributed by atoms with Crippen LogP contribution in [0.3, 0.4) is 0 Å². The molecule has 2 N–H and O–H groups in total. The van der Waals surface area contributed by atoms with Crippen molar-refractivity contribution in [2.45, 2.75) is 50.7 Å². The van der Waals surface area contributed by atoms with Gasteiger partial charge in [0, 0.05) is 24.7 Å². The van der Waals surface area contributed by atoms with Crippen molar-refractivity contribution < 1.29 is 4.79 Å². The van der Waals surface area contributed by atoms with Crippen LogP contribution in [0.4, 0.5) is 0 Å². The number of halogens is 2. The van der Waals surface area contributed by atoms with Crippen LogP contribution >= 0.6 is 24.0 Å². The smallest absolute Gasteiger partial charge is 0.230 e. The van der Waals surface area contributed by atoms with Crippen LogP contribution in [0.5, 0.6) is 0 Å². The van der Waals surface area contributed by atoms with E-state index in [1.807, 2.05) is 24.3 Å². The average Bonchev–Trinajstić information content (AvgIpc) is 3.29. The summed E-state index contributed by atoms with van der Waals surface area (Å²) >= 11 is 6.03. The number of nitrogens with one attached hydrogen (secondary N) is 2. The molecule has 5 heteroatoms. The largest absolute Gasteiger partial charge is 0.351 e. The van der Waals surface area contributed by atoms with Gasteiger partial charge in [-0.3, -0.25) is 4.79 Å². The lowest BCUT2D eigenvalue weighted by molar-refractivity contribution is -0.126. The monoisotopic (exact) mass is 390 g/mol. The molecule has 0 atom stereocenters. The Morgan fingerprint density at radius 2 is 1.73 bits per heavy atom. The minimum atomic E-state index is -0.400. The maximum Gasteiger partial charge on any atom is 0.230 e. The van der Waals surface area contributed by atoms with Gasteiger partial charge in [0.25, 0.3) is 0 Å². The van der Waals surface area contributed by atoms with E-state index in [-0.39, 0.29) is 18.3 Å². The Kier molecular flexibility index (Phi) is 5.91. The zero-order valence-corrected chi connectivity index (χ0v) is 16.3. The molecule has 4 rings (SSSR count). The van der Waals surface area contributed by atoms with E-state index < -0.39 is 5.41 Å². The van der Waals surface area contributed by atoms with Crippen LogP contribution in [-0.2, 0) is 29.8 Å². The molecule has 0 saturated heterocycles. The molecule has 1 aliphatic heterocycles. The molecule has 1 aliphatic carbocycles. The Morgan fingerprint density at radius 3 is 2.46 bits per heavy atom. The van der Waals surface area contributed by atoms with Gasteiger partial charge in [0.1, 0.15) is 0 Å². The average molecular weight is 391 g/mol. The van der Waals surface area contributed by atoms with Crippen LogP contribution in [0, 0.1) is 0 Å². The first-order valence-electron chi connectivity index (χ1n) is 9.03. The Labute approximate surface area is 165 Å². The number of hydrogen-bond donors (Lipinski definition) is 2. The van der Waals surface area contributed by atoms with Gasteiger partial charge >= 0.3 is 0 Å². The topological polar surface area (TPSA) is 41.1 Å². The second-order valence-electron chi connectivity index (χ2n) is 7.19. The van der Waals surface area contributed by atoms with E-state index in [2.05, 4.69) is 28.8 Å². The molecule has 0 unspecified atom stereocenters. The van der Waals surface area contributed by atoms with Crippen molar-refractivity contribution in [3.05, 3.63) is 69.7 Å². The lowest BCUT2D eigenvalue weighted by atomic mass is 9.78. The lowest BCUT2D eigenvalue weighted by Gasteiger charge is -2.28. The molecular weight excluding hydrogens is 367 g/mol. The van der Waals surface area contributed by atoms with Gasteiger partial charge in [0.2, 0.25) is 5.91 Å². The normalized spacial score (nSPS) is 17.4. The Balaban J connectivity index is 0.00000196. The van der Waals surface area contributed by atoms with Crippen LogP contribution in [-0.4, -0.2) is 5.91 Å². The molecule has 26 heavy (non-hydrogen) atoms. The van der Waals surface area contributed by atoms with Crippen molar-refractivity contribution in [1.82, 2.24) is 10.6 Å². The first-order chi connectivity index (χ1) is 12.2. The maximum absolute atomic E-state index is 13.1. The van der Waals surface area contributed by atoms with Crippen LogP contribution in [0.1, 0.15) is 47.9 Å². The zero-order chi connectivity index (χ0) is 17.3. The summed E-state index contributed by atoms with van der Waals surface area (Å²) in [6.07, 6.45) is 4.02. The summed E-state index contributed by atoms with van der Waals surface area (Å²) in [6.45, 7) is 2.45. The highest BCUT2D eigenvalue weighted by molar-refractivity contribution is 6.30. The molecule has 0 aromatic heterocycles. The number of hydrogen-bond acceptors (Lipinski definition) is 2. The van der Waals surface area contributed by atoms with Gasteiger partial charge < -0.3 is 10.6 Å². The molecule has 0 spiro atoms. The highest BCUT2D eigenvalue weighted by Gasteiger charge is 2.42. The van der Waals surface area contributed by atoms with E-state index in [4.69, 9.17) is 11.6 Å². The predicted octanol–water partition coefficient (Wildman–Crippen LogP) is 4.49. The minimum absolute atomic E-state index is 0. The quantitative estimate of drug-likeness (QED) is 0.806. The van der Waals surface area contributed by atoms with Gasteiger partial charge in [0.05, 0.1) is 5.41 Å². The second-order valence-corrected chi connectivity index (χ2v) is 7.62. The molecule has 3 nitrogen and oxygen atoms in total. The Bertz CT molecular complexity index is 783. The highest BCUT2D eigenvalue weighted by atomic mass is 35.5. The van der Waals surface area contributed by atoms with E-state index in [0.717, 1.165) is 44.3 Å². The first kappa shape index (κ1) is 19.2. The van der Waals surface area contributed by atoms with Crippen molar-refractivity contribution in [2.24, 2.45) is 0 Å². The molecule has 2 aliphatic rings. The number of carbonyl (C=O) groups excluding carboxylic acids is 1. The molecule has 0 radical (unpaired) electrons. The van der Waals surface area contributed by atoms with Gasteiger partial charge in [0.15, 0.2) is 0 Å². The fourth-order valence-electron chi connectivity index (χ4n) is 4.20. The number of benzene rings is 2. The number of fused-ring (bicyclic) bond motifs is 1. The van der Waals surface area contributed by atoms with Crippen molar-refractivity contribution in [1.29, 1.82) is 0 Å². The summed E-state index contributed by atoms with van der Waals surface area (Å²) in [7, 11) is 0. The summed E-state index contributed by atoms with van der Waals surface area (Å²) in [6, 6.07) is 14.3. The van der Waals surface area contributed by atoms with E-state index in [9.17, 15) is 4.79 Å². The molecule has 1 saturated carbocycles. The molecule has 1 fully saturated rings. The molecule has 138 valence electrons. The molecule has 2 aromatic carbocycles. The summed E-state index contributed by atoms with van der Waals surface area (Å²) in [5.41, 5.74) is 4.57.